The van der Waals surface area contributed by atoms with Crippen LogP contribution in [0.5, 0.6) is 0 Å². The second-order valence-electron chi connectivity index (χ2n) is 3.79. The van der Waals surface area contributed by atoms with E-state index in [2.05, 4.69) is 0 Å². The minimum absolute atomic E-state index is 0.0704. The second kappa shape index (κ2) is 6.53. The molecule has 0 atom stereocenters. The van der Waals surface area contributed by atoms with E-state index in [9.17, 15) is 9.59 Å². The molecule has 0 saturated carbocycles. The number of carbonyl (C=O) groups excluding carboxylic acids is 2. The molecule has 0 bridgehead atoms. The Kier molecular flexibility index (Phi) is 5.23. The van der Waals surface area contributed by atoms with Crippen molar-refractivity contribution in [2.45, 2.75) is 10.6 Å². The molecule has 2 aromatic heterocycles. The predicted octanol–water partition coefficient (Wildman–Crippen LogP) is 4.80. The SMILES string of the molecule is O=C(C[Se](Cl)(Cl)CC(=O)c1cccs1)c1cccs1. The number of hydrogen-bond donors (Lipinski definition) is 0. The van der Waals surface area contributed by atoms with Crippen molar-refractivity contribution < 1.29 is 9.59 Å². The number of carbonyl (C=O) groups is 2. The van der Waals surface area contributed by atoms with Gasteiger partial charge < -0.3 is 0 Å². The zero-order chi connectivity index (χ0) is 13.9. The Morgan fingerprint density at radius 1 is 0.947 bits per heavy atom. The van der Waals surface area contributed by atoms with Gasteiger partial charge in [0, 0.05) is 0 Å². The summed E-state index contributed by atoms with van der Waals surface area (Å²) in [7, 11) is 12.5. The molecule has 2 rings (SSSR count). The minimum atomic E-state index is -3.07. The first-order valence-electron chi connectivity index (χ1n) is 5.29. The number of thiophene rings is 2. The van der Waals surface area contributed by atoms with Crippen molar-refractivity contribution in [3.63, 3.8) is 0 Å². The van der Waals surface area contributed by atoms with Crippen LogP contribution in [0.4, 0.5) is 0 Å². The van der Waals surface area contributed by atoms with E-state index in [0.717, 1.165) is 0 Å². The summed E-state index contributed by atoms with van der Waals surface area (Å²) >= 11 is -0.346. The quantitative estimate of drug-likeness (QED) is 0.516. The van der Waals surface area contributed by atoms with E-state index < -0.39 is 11.0 Å². The fourth-order valence-electron chi connectivity index (χ4n) is 1.45. The van der Waals surface area contributed by atoms with Crippen molar-refractivity contribution >= 4 is 65.5 Å². The van der Waals surface area contributed by atoms with Crippen molar-refractivity contribution in [2.24, 2.45) is 0 Å². The monoisotopic (exact) mass is 400 g/mol. The molecule has 7 heteroatoms. The molecule has 0 saturated heterocycles. The first-order valence-corrected chi connectivity index (χ1v) is 14.0. The molecule has 0 unspecified atom stereocenters. The van der Waals surface area contributed by atoms with Crippen LogP contribution in [-0.2, 0) is 0 Å². The number of rotatable bonds is 6. The Morgan fingerprint density at radius 2 is 1.37 bits per heavy atom. The molecule has 0 aliphatic rings. The number of hydrogen-bond acceptors (Lipinski definition) is 4. The third-order valence-corrected chi connectivity index (χ3v) is 9.24. The van der Waals surface area contributed by atoms with E-state index in [4.69, 9.17) is 20.2 Å². The molecule has 2 aromatic rings. The summed E-state index contributed by atoms with van der Waals surface area (Å²) in [5, 5.41) is 3.85. The van der Waals surface area contributed by atoms with E-state index in [0.29, 0.717) is 9.75 Å². The van der Waals surface area contributed by atoms with Crippen LogP contribution in [0.15, 0.2) is 35.0 Å². The molecular weight excluding hydrogens is 390 g/mol. The molecule has 19 heavy (non-hydrogen) atoms. The Bertz CT molecular complexity index is 514. The topological polar surface area (TPSA) is 34.1 Å². The molecule has 0 fully saturated rings. The van der Waals surface area contributed by atoms with Gasteiger partial charge in [-0.3, -0.25) is 0 Å². The van der Waals surface area contributed by atoms with Crippen LogP contribution in [0.1, 0.15) is 19.3 Å². The van der Waals surface area contributed by atoms with Gasteiger partial charge in [0.2, 0.25) is 0 Å². The molecule has 2 heterocycles. The summed E-state index contributed by atoms with van der Waals surface area (Å²) in [6.07, 6.45) is 0. The number of halogens is 2. The molecule has 0 aliphatic heterocycles. The van der Waals surface area contributed by atoms with Gasteiger partial charge in [-0.1, -0.05) is 0 Å². The van der Waals surface area contributed by atoms with E-state index in [1.165, 1.54) is 22.7 Å². The maximum absolute atomic E-state index is 12.0. The summed E-state index contributed by atoms with van der Waals surface area (Å²) < 4.78 is 0. The van der Waals surface area contributed by atoms with Crippen molar-refractivity contribution in [3.8, 4) is 0 Å². The summed E-state index contributed by atoms with van der Waals surface area (Å²) in [5.74, 6) is -0.141. The molecular formula is C12H10Cl2O2S2Se. The molecule has 0 radical (unpaired) electrons. The van der Waals surface area contributed by atoms with E-state index in [1.807, 2.05) is 22.9 Å². The van der Waals surface area contributed by atoms with Gasteiger partial charge >= 0.3 is 130 Å². The van der Waals surface area contributed by atoms with Crippen LogP contribution in [0.3, 0.4) is 0 Å². The van der Waals surface area contributed by atoms with Crippen molar-refractivity contribution in [2.75, 3.05) is 0 Å². The van der Waals surface area contributed by atoms with Gasteiger partial charge in [-0.25, -0.2) is 0 Å². The summed E-state index contributed by atoms with van der Waals surface area (Å²) in [6.45, 7) is 0. The van der Waals surface area contributed by atoms with Crippen molar-refractivity contribution in [3.05, 3.63) is 44.8 Å². The second-order valence-corrected chi connectivity index (χ2v) is 16.8. The van der Waals surface area contributed by atoms with Crippen LogP contribution >= 0.6 is 42.9 Å². The van der Waals surface area contributed by atoms with E-state index >= 15 is 0 Å². The van der Waals surface area contributed by atoms with Gasteiger partial charge in [0.25, 0.3) is 0 Å². The average molecular weight is 400 g/mol. The van der Waals surface area contributed by atoms with Crippen LogP contribution < -0.4 is 0 Å². The van der Waals surface area contributed by atoms with Crippen molar-refractivity contribution in [1.29, 1.82) is 0 Å². The fraction of sp³-hybridized carbons (Fsp3) is 0.167. The molecule has 2 nitrogen and oxygen atoms in total. The molecule has 0 aromatic carbocycles. The van der Waals surface area contributed by atoms with Crippen LogP contribution in [-0.4, -0.2) is 22.6 Å². The Balaban J connectivity index is 1.99. The predicted molar refractivity (Wildman–Crippen MR) is 84.4 cm³/mol. The van der Waals surface area contributed by atoms with Gasteiger partial charge in [-0.05, 0) is 0 Å². The summed E-state index contributed by atoms with van der Waals surface area (Å²) in [6, 6.07) is 7.11. The number of ketones is 2. The van der Waals surface area contributed by atoms with E-state index in [1.54, 1.807) is 12.1 Å². The molecule has 0 amide bonds. The zero-order valence-electron chi connectivity index (χ0n) is 9.68. The molecule has 102 valence electrons. The van der Waals surface area contributed by atoms with E-state index in [-0.39, 0.29) is 22.2 Å². The summed E-state index contributed by atoms with van der Waals surface area (Å²) in [4.78, 5) is 25.2. The van der Waals surface area contributed by atoms with Crippen LogP contribution in [0, 0.1) is 0 Å². The first kappa shape index (κ1) is 15.2. The van der Waals surface area contributed by atoms with Gasteiger partial charge in [0.1, 0.15) is 0 Å². The average Bonchev–Trinajstić information content (AvgIpc) is 3.01. The number of Topliss-reactive ketones (excluding diaryl/α,β-unsaturated/α-hetero) is 2. The van der Waals surface area contributed by atoms with Crippen molar-refractivity contribution in [1.82, 2.24) is 0 Å². The maximum atomic E-state index is 12.0. The van der Waals surface area contributed by atoms with Gasteiger partial charge in [0.15, 0.2) is 0 Å². The Morgan fingerprint density at radius 3 is 1.68 bits per heavy atom. The van der Waals surface area contributed by atoms with Crippen LogP contribution in [0.2, 0.25) is 10.6 Å². The van der Waals surface area contributed by atoms with Gasteiger partial charge in [-0.2, -0.15) is 0 Å². The zero-order valence-corrected chi connectivity index (χ0v) is 14.5. The first-order chi connectivity index (χ1) is 8.98. The normalized spacial score (nSPS) is 12.3. The fourth-order valence-corrected chi connectivity index (χ4v) is 7.73. The molecule has 0 spiro atoms. The third-order valence-electron chi connectivity index (χ3n) is 2.28. The molecule has 0 N–H and O–H groups in total. The van der Waals surface area contributed by atoms with Crippen LogP contribution in [0.25, 0.3) is 0 Å². The molecule has 0 aliphatic carbocycles. The Labute approximate surface area is 130 Å². The Hall–Kier alpha value is -0.161. The summed E-state index contributed by atoms with van der Waals surface area (Å²) in [5.41, 5.74) is 0. The third kappa shape index (κ3) is 4.42. The standard InChI is InChI=1S/C12H10Cl2O2S2Se/c13-19(14,7-9(15)11-3-1-5-17-11)8-10(16)12-4-2-6-18-12/h1-6H,7-8H2. The van der Waals surface area contributed by atoms with Gasteiger partial charge in [-0.15, -0.1) is 0 Å². The van der Waals surface area contributed by atoms with Gasteiger partial charge in [0.05, 0.1) is 0 Å².